The van der Waals surface area contributed by atoms with Crippen molar-refractivity contribution in [2.75, 3.05) is 13.1 Å². The van der Waals surface area contributed by atoms with E-state index in [0.717, 1.165) is 25.9 Å². The third-order valence-electron chi connectivity index (χ3n) is 3.56. The lowest BCUT2D eigenvalue weighted by atomic mass is 10.0. The summed E-state index contributed by atoms with van der Waals surface area (Å²) >= 11 is 0. The lowest BCUT2D eigenvalue weighted by molar-refractivity contribution is 0.169. The van der Waals surface area contributed by atoms with E-state index < -0.39 is 5.82 Å². The van der Waals surface area contributed by atoms with Gasteiger partial charge >= 0.3 is 6.03 Å². The first kappa shape index (κ1) is 14.3. The Balaban J connectivity index is 1.92. The van der Waals surface area contributed by atoms with E-state index in [9.17, 15) is 9.18 Å². The maximum atomic E-state index is 13.7. The molecule has 4 nitrogen and oxygen atoms in total. The Labute approximate surface area is 118 Å². The van der Waals surface area contributed by atoms with Crippen molar-refractivity contribution in [1.82, 2.24) is 10.2 Å². The number of halogens is 1. The van der Waals surface area contributed by atoms with Crippen LogP contribution in [0.1, 0.15) is 30.9 Å². The standard InChI is InChI=1S/C15H18FN3O/c1-11-3-2-6-19(10-11)15(20)18-9-13-5-4-12(8-17)7-14(13)16/h4-5,7,11H,2-3,6,9-10H2,1H3,(H,18,20). The molecule has 106 valence electrons. The van der Waals surface area contributed by atoms with Crippen LogP contribution in [0, 0.1) is 23.1 Å². The summed E-state index contributed by atoms with van der Waals surface area (Å²) in [5.41, 5.74) is 0.671. The average Bonchev–Trinajstić information content (AvgIpc) is 2.45. The molecule has 1 atom stereocenters. The Kier molecular flexibility index (Phi) is 4.57. The van der Waals surface area contributed by atoms with E-state index in [1.165, 1.54) is 12.1 Å². The van der Waals surface area contributed by atoms with Gasteiger partial charge in [-0.3, -0.25) is 0 Å². The summed E-state index contributed by atoms with van der Waals surface area (Å²) in [6.07, 6.45) is 2.16. The molecule has 2 rings (SSSR count). The van der Waals surface area contributed by atoms with Crippen molar-refractivity contribution in [3.05, 3.63) is 35.1 Å². The number of likely N-dealkylation sites (tertiary alicyclic amines) is 1. The number of hydrogen-bond acceptors (Lipinski definition) is 2. The topological polar surface area (TPSA) is 56.1 Å². The number of carbonyl (C=O) groups is 1. The molecule has 1 saturated heterocycles. The van der Waals surface area contributed by atoms with Gasteiger partial charge in [0.15, 0.2) is 0 Å². The first-order valence-corrected chi connectivity index (χ1v) is 6.81. The van der Waals surface area contributed by atoms with Gasteiger partial charge in [-0.15, -0.1) is 0 Å². The molecule has 2 amide bonds. The Morgan fingerprint density at radius 2 is 2.40 bits per heavy atom. The van der Waals surface area contributed by atoms with E-state index in [2.05, 4.69) is 12.2 Å². The number of urea groups is 1. The molecule has 1 heterocycles. The summed E-state index contributed by atoms with van der Waals surface area (Å²) in [6, 6.07) is 6.00. The largest absolute Gasteiger partial charge is 0.334 e. The first-order chi connectivity index (χ1) is 9.60. The molecule has 0 spiro atoms. The highest BCUT2D eigenvalue weighted by molar-refractivity contribution is 5.74. The van der Waals surface area contributed by atoms with Gasteiger partial charge in [0.05, 0.1) is 11.6 Å². The number of amides is 2. The SMILES string of the molecule is CC1CCCN(C(=O)NCc2ccc(C#N)cc2F)C1. The van der Waals surface area contributed by atoms with Crippen molar-refractivity contribution in [2.24, 2.45) is 5.92 Å². The molecule has 1 N–H and O–H groups in total. The van der Waals surface area contributed by atoms with Crippen LogP contribution in [-0.4, -0.2) is 24.0 Å². The highest BCUT2D eigenvalue weighted by atomic mass is 19.1. The van der Waals surface area contributed by atoms with E-state index in [4.69, 9.17) is 5.26 Å². The highest BCUT2D eigenvalue weighted by Gasteiger charge is 2.20. The molecule has 1 fully saturated rings. The van der Waals surface area contributed by atoms with Crippen LogP contribution >= 0.6 is 0 Å². The molecule has 1 unspecified atom stereocenters. The van der Waals surface area contributed by atoms with Gasteiger partial charge in [0.1, 0.15) is 5.82 Å². The van der Waals surface area contributed by atoms with Crippen LogP contribution < -0.4 is 5.32 Å². The lowest BCUT2D eigenvalue weighted by Gasteiger charge is -2.30. The van der Waals surface area contributed by atoms with Crippen molar-refractivity contribution < 1.29 is 9.18 Å². The zero-order chi connectivity index (χ0) is 14.5. The second-order valence-electron chi connectivity index (χ2n) is 5.27. The third kappa shape index (κ3) is 3.47. The Morgan fingerprint density at radius 1 is 1.60 bits per heavy atom. The van der Waals surface area contributed by atoms with Gasteiger partial charge in [-0.1, -0.05) is 13.0 Å². The van der Waals surface area contributed by atoms with E-state index in [0.29, 0.717) is 11.5 Å². The zero-order valence-electron chi connectivity index (χ0n) is 11.5. The number of benzene rings is 1. The fraction of sp³-hybridized carbons (Fsp3) is 0.467. The second-order valence-corrected chi connectivity index (χ2v) is 5.27. The van der Waals surface area contributed by atoms with Crippen LogP contribution in [0.4, 0.5) is 9.18 Å². The normalized spacial score (nSPS) is 18.4. The zero-order valence-corrected chi connectivity index (χ0v) is 11.5. The Hall–Kier alpha value is -2.09. The van der Waals surface area contributed by atoms with Crippen LogP contribution in [0.5, 0.6) is 0 Å². The Morgan fingerprint density at radius 3 is 3.05 bits per heavy atom. The summed E-state index contributed by atoms with van der Waals surface area (Å²) < 4.78 is 13.7. The maximum Gasteiger partial charge on any atom is 0.317 e. The predicted octanol–water partition coefficient (Wildman–Crippen LogP) is 2.64. The summed E-state index contributed by atoms with van der Waals surface area (Å²) in [5, 5.41) is 11.4. The molecule has 1 aliphatic rings. The van der Waals surface area contributed by atoms with Crippen molar-refractivity contribution >= 4 is 6.03 Å². The average molecular weight is 275 g/mol. The number of piperidine rings is 1. The first-order valence-electron chi connectivity index (χ1n) is 6.81. The molecule has 0 aliphatic carbocycles. The molecule has 1 aromatic carbocycles. The fourth-order valence-corrected chi connectivity index (χ4v) is 2.42. The van der Waals surface area contributed by atoms with Crippen LogP contribution in [0.25, 0.3) is 0 Å². The number of rotatable bonds is 2. The van der Waals surface area contributed by atoms with Gasteiger partial charge in [-0.25, -0.2) is 9.18 Å². The monoisotopic (exact) mass is 275 g/mol. The van der Waals surface area contributed by atoms with Gasteiger partial charge in [-0.05, 0) is 30.9 Å². The van der Waals surface area contributed by atoms with Crippen LogP contribution in [0.15, 0.2) is 18.2 Å². The number of hydrogen-bond donors (Lipinski definition) is 1. The molecule has 0 radical (unpaired) electrons. The van der Waals surface area contributed by atoms with Crippen molar-refractivity contribution in [3.63, 3.8) is 0 Å². The van der Waals surface area contributed by atoms with Crippen LogP contribution in [0.3, 0.4) is 0 Å². The van der Waals surface area contributed by atoms with Gasteiger partial charge in [-0.2, -0.15) is 5.26 Å². The highest BCUT2D eigenvalue weighted by Crippen LogP contribution is 2.15. The summed E-state index contributed by atoms with van der Waals surface area (Å²) in [5.74, 6) is 0.0533. The minimum absolute atomic E-state index is 0.140. The molecular formula is C15H18FN3O. The molecule has 0 saturated carbocycles. The second kappa shape index (κ2) is 6.38. The molecule has 1 aliphatic heterocycles. The van der Waals surface area contributed by atoms with Gasteiger partial charge < -0.3 is 10.2 Å². The smallest absolute Gasteiger partial charge is 0.317 e. The molecule has 5 heteroatoms. The molecule has 0 aromatic heterocycles. The quantitative estimate of drug-likeness (QED) is 0.902. The third-order valence-corrected chi connectivity index (χ3v) is 3.56. The van der Waals surface area contributed by atoms with Crippen molar-refractivity contribution in [3.8, 4) is 6.07 Å². The van der Waals surface area contributed by atoms with E-state index in [1.54, 1.807) is 11.0 Å². The number of nitrogens with zero attached hydrogens (tertiary/aromatic N) is 2. The molecular weight excluding hydrogens is 257 g/mol. The number of nitriles is 1. The molecule has 0 bridgehead atoms. The van der Waals surface area contributed by atoms with Crippen LogP contribution in [-0.2, 0) is 6.54 Å². The van der Waals surface area contributed by atoms with Crippen molar-refractivity contribution in [2.45, 2.75) is 26.3 Å². The maximum absolute atomic E-state index is 13.7. The number of carbonyl (C=O) groups excluding carboxylic acids is 1. The predicted molar refractivity (Wildman–Crippen MR) is 73.3 cm³/mol. The number of nitrogens with one attached hydrogen (secondary N) is 1. The minimum Gasteiger partial charge on any atom is -0.334 e. The van der Waals surface area contributed by atoms with E-state index >= 15 is 0 Å². The van der Waals surface area contributed by atoms with E-state index in [1.807, 2.05) is 6.07 Å². The van der Waals surface area contributed by atoms with Gasteiger partial charge in [0.2, 0.25) is 0 Å². The van der Waals surface area contributed by atoms with E-state index in [-0.39, 0.29) is 18.1 Å². The fourth-order valence-electron chi connectivity index (χ4n) is 2.42. The molecule has 20 heavy (non-hydrogen) atoms. The lowest BCUT2D eigenvalue weighted by Crippen LogP contribution is -2.44. The van der Waals surface area contributed by atoms with Gasteiger partial charge in [0, 0.05) is 25.2 Å². The van der Waals surface area contributed by atoms with Crippen molar-refractivity contribution in [1.29, 1.82) is 5.26 Å². The molecule has 1 aromatic rings. The van der Waals surface area contributed by atoms with Crippen LogP contribution in [0.2, 0.25) is 0 Å². The summed E-state index contributed by atoms with van der Waals surface area (Å²) in [4.78, 5) is 13.8. The van der Waals surface area contributed by atoms with Gasteiger partial charge in [0.25, 0.3) is 0 Å². The minimum atomic E-state index is -0.462. The summed E-state index contributed by atoms with van der Waals surface area (Å²) in [6.45, 7) is 3.77. The summed E-state index contributed by atoms with van der Waals surface area (Å²) in [7, 11) is 0. The Bertz CT molecular complexity index is 538.